The molecule has 0 saturated heterocycles. The van der Waals surface area contributed by atoms with Crippen LogP contribution in [0.3, 0.4) is 0 Å². The van der Waals surface area contributed by atoms with Crippen molar-refractivity contribution in [3.8, 4) is 5.75 Å². The maximum atomic E-state index is 10.3. The monoisotopic (exact) mass is 208 g/mol. The van der Waals surface area contributed by atoms with Crippen molar-refractivity contribution in [2.45, 2.75) is 0 Å². The van der Waals surface area contributed by atoms with Gasteiger partial charge >= 0.3 is 29.6 Å². The summed E-state index contributed by atoms with van der Waals surface area (Å²) in [5.41, 5.74) is 0.647. The zero-order chi connectivity index (χ0) is 8.81. The van der Waals surface area contributed by atoms with Crippen molar-refractivity contribution in [3.63, 3.8) is 0 Å². The van der Waals surface area contributed by atoms with Gasteiger partial charge in [-0.1, -0.05) is 0 Å². The molecular weight excluding hydrogens is 199 g/mol. The van der Waals surface area contributed by atoms with Gasteiger partial charge in [0.15, 0.2) is 0 Å². The molecule has 0 amide bonds. The van der Waals surface area contributed by atoms with Crippen LogP contribution in [0.2, 0.25) is 0 Å². The topological polar surface area (TPSA) is 26.3 Å². The summed E-state index contributed by atoms with van der Waals surface area (Å²) in [5.74, 6) is 1.20. The molecule has 0 unspecified atom stereocenters. The predicted octanol–water partition coefficient (Wildman–Crippen LogP) is 1.47. The van der Waals surface area contributed by atoms with Crippen molar-refractivity contribution in [1.82, 2.24) is 0 Å². The van der Waals surface area contributed by atoms with Crippen LogP contribution in [0.1, 0.15) is 10.4 Å². The van der Waals surface area contributed by atoms with Gasteiger partial charge < -0.3 is 4.74 Å². The molecule has 0 bridgehead atoms. The number of rotatable bonds is 4. The molecule has 0 N–H and O–H groups in total. The summed E-state index contributed by atoms with van der Waals surface area (Å²) in [6.07, 6.45) is 0.797. The van der Waals surface area contributed by atoms with E-state index in [0.717, 1.165) is 12.0 Å². The zero-order valence-electron chi connectivity index (χ0n) is 6.50. The summed E-state index contributed by atoms with van der Waals surface area (Å²) in [6, 6.07) is 6.90. The van der Waals surface area contributed by atoms with E-state index in [9.17, 15) is 4.79 Å². The van der Waals surface area contributed by atoms with Gasteiger partial charge in [-0.25, -0.2) is 0 Å². The van der Waals surface area contributed by atoms with Crippen molar-refractivity contribution in [1.29, 1.82) is 0 Å². The van der Waals surface area contributed by atoms with Crippen LogP contribution < -0.4 is 4.74 Å². The fraction of sp³-hybridized carbons (Fsp3) is 0.222. The van der Waals surface area contributed by atoms with Crippen LogP contribution >= 0.6 is 11.6 Å². The molecule has 1 rings (SSSR count). The number of aldehydes is 1. The zero-order valence-corrected chi connectivity index (χ0v) is 7.25. The van der Waals surface area contributed by atoms with Gasteiger partial charge in [0.2, 0.25) is 0 Å². The Balaban J connectivity index is 0.00000144. The van der Waals surface area contributed by atoms with Crippen molar-refractivity contribution >= 4 is 47.4 Å². The van der Waals surface area contributed by atoms with Crippen LogP contribution in [-0.4, -0.2) is 48.3 Å². The summed E-state index contributed by atoms with van der Waals surface area (Å²) in [5, 5.41) is 0. The van der Waals surface area contributed by atoms with E-state index in [4.69, 9.17) is 16.3 Å². The van der Waals surface area contributed by atoms with Crippen LogP contribution in [0, 0.1) is 0 Å². The van der Waals surface area contributed by atoms with E-state index < -0.39 is 0 Å². The van der Waals surface area contributed by atoms with E-state index in [0.29, 0.717) is 18.1 Å². The first kappa shape index (κ1) is 13.0. The van der Waals surface area contributed by atoms with Crippen molar-refractivity contribution in [2.75, 3.05) is 12.5 Å². The molecule has 1 aromatic rings. The summed E-state index contributed by atoms with van der Waals surface area (Å²) in [6.45, 7) is 0.488. The Morgan fingerprint density at radius 3 is 2.38 bits per heavy atom. The van der Waals surface area contributed by atoms with Gasteiger partial charge in [-0.15, -0.1) is 11.6 Å². The molecule has 0 aliphatic carbocycles. The average molecular weight is 209 g/mol. The molecule has 0 atom stereocenters. The molecule has 0 aliphatic rings. The van der Waals surface area contributed by atoms with Crippen LogP contribution in [-0.2, 0) is 0 Å². The second-order valence-electron chi connectivity index (χ2n) is 2.22. The molecular formula is C9H10ClNaO2. The Morgan fingerprint density at radius 2 is 1.92 bits per heavy atom. The van der Waals surface area contributed by atoms with Gasteiger partial charge in [0.25, 0.3) is 0 Å². The van der Waals surface area contributed by atoms with E-state index in [2.05, 4.69) is 0 Å². The number of carbonyl (C=O) groups is 1. The van der Waals surface area contributed by atoms with Gasteiger partial charge in [-0.2, -0.15) is 0 Å². The first-order valence-electron chi connectivity index (χ1n) is 3.61. The van der Waals surface area contributed by atoms with Crippen LogP contribution in [0.15, 0.2) is 24.3 Å². The number of halogens is 1. The van der Waals surface area contributed by atoms with Crippen LogP contribution in [0.25, 0.3) is 0 Å². The average Bonchev–Trinajstić information content (AvgIpc) is 2.15. The normalized spacial score (nSPS) is 8.69. The van der Waals surface area contributed by atoms with Crippen molar-refractivity contribution < 1.29 is 9.53 Å². The molecule has 0 fully saturated rings. The molecule has 0 saturated carbocycles. The number of ether oxygens (including phenoxy) is 1. The molecule has 13 heavy (non-hydrogen) atoms. The predicted molar refractivity (Wildman–Crippen MR) is 55.2 cm³/mol. The van der Waals surface area contributed by atoms with Gasteiger partial charge in [-0.3, -0.25) is 4.79 Å². The first-order valence-corrected chi connectivity index (χ1v) is 4.14. The Bertz CT molecular complexity index is 248. The van der Waals surface area contributed by atoms with E-state index in [1.807, 2.05) is 0 Å². The minimum atomic E-state index is 0. The van der Waals surface area contributed by atoms with Crippen LogP contribution in [0.4, 0.5) is 0 Å². The second-order valence-corrected chi connectivity index (χ2v) is 2.60. The van der Waals surface area contributed by atoms with Crippen LogP contribution in [0.5, 0.6) is 5.75 Å². The van der Waals surface area contributed by atoms with E-state index >= 15 is 0 Å². The third-order valence-electron chi connectivity index (χ3n) is 1.36. The molecule has 0 spiro atoms. The summed E-state index contributed by atoms with van der Waals surface area (Å²) < 4.78 is 5.21. The molecule has 0 aliphatic heterocycles. The van der Waals surface area contributed by atoms with Gasteiger partial charge in [0.05, 0.1) is 5.88 Å². The molecule has 0 heterocycles. The Hall–Kier alpha value is -0.0200. The minimum absolute atomic E-state index is 0. The number of alkyl halides is 1. The molecule has 0 aromatic heterocycles. The van der Waals surface area contributed by atoms with Crippen molar-refractivity contribution in [2.24, 2.45) is 0 Å². The van der Waals surface area contributed by atoms with E-state index in [1.165, 1.54) is 0 Å². The molecule has 4 heteroatoms. The number of carbonyl (C=O) groups excluding carboxylic acids is 1. The first-order chi connectivity index (χ1) is 5.86. The van der Waals surface area contributed by atoms with Gasteiger partial charge in [0.1, 0.15) is 18.6 Å². The number of hydrogen-bond acceptors (Lipinski definition) is 2. The summed E-state index contributed by atoms with van der Waals surface area (Å²) >= 11 is 5.43. The molecule has 2 nitrogen and oxygen atoms in total. The standard InChI is InChI=1S/C9H9ClO2.Na.H/c10-5-6-12-9-3-1-8(7-11)2-4-9;;/h1-4,7H,5-6H2;;. The fourth-order valence-electron chi connectivity index (χ4n) is 0.799. The summed E-state index contributed by atoms with van der Waals surface area (Å²) in [7, 11) is 0. The molecule has 0 radical (unpaired) electrons. The van der Waals surface area contributed by atoms with Gasteiger partial charge in [-0.05, 0) is 24.3 Å². The molecule has 66 valence electrons. The van der Waals surface area contributed by atoms with E-state index in [-0.39, 0.29) is 29.6 Å². The number of hydrogen-bond donors (Lipinski definition) is 0. The Morgan fingerprint density at radius 1 is 1.31 bits per heavy atom. The van der Waals surface area contributed by atoms with Gasteiger partial charge in [0, 0.05) is 5.56 Å². The Kier molecular flexibility index (Phi) is 7.38. The maximum absolute atomic E-state index is 10.3. The van der Waals surface area contributed by atoms with Crippen molar-refractivity contribution in [3.05, 3.63) is 29.8 Å². The quantitative estimate of drug-likeness (QED) is 0.426. The summed E-state index contributed by atoms with van der Waals surface area (Å²) in [4.78, 5) is 10.3. The molecule has 1 aromatic carbocycles. The SMILES string of the molecule is O=Cc1ccc(OCCCl)cc1.[NaH]. The fourth-order valence-corrected chi connectivity index (χ4v) is 0.876. The number of benzene rings is 1. The third-order valence-corrected chi connectivity index (χ3v) is 1.52. The third kappa shape index (κ3) is 4.67. The second kappa shape index (κ2) is 7.39. The van der Waals surface area contributed by atoms with E-state index in [1.54, 1.807) is 24.3 Å². The Labute approximate surface area is 105 Å².